The fourth-order valence-electron chi connectivity index (χ4n) is 0.947. The van der Waals surface area contributed by atoms with Crippen molar-refractivity contribution in [2.75, 3.05) is 0 Å². The molecule has 0 fully saturated rings. The number of halogens is 1. The molecule has 0 spiro atoms. The van der Waals surface area contributed by atoms with Gasteiger partial charge in [-0.2, -0.15) is 5.26 Å². The van der Waals surface area contributed by atoms with Crippen molar-refractivity contribution in [1.29, 1.82) is 5.26 Å². The second-order valence-corrected chi connectivity index (χ2v) is 3.39. The smallest absolute Gasteiger partial charge is 0.0969 e. The molecule has 0 saturated heterocycles. The van der Waals surface area contributed by atoms with Gasteiger partial charge in [-0.3, -0.25) is 0 Å². The van der Waals surface area contributed by atoms with E-state index in [1.54, 1.807) is 0 Å². The molecule has 0 aromatic heterocycles. The van der Waals surface area contributed by atoms with Crippen molar-refractivity contribution in [3.63, 3.8) is 0 Å². The van der Waals surface area contributed by atoms with E-state index in [1.165, 1.54) is 0 Å². The highest BCUT2D eigenvalue weighted by Crippen LogP contribution is 2.16. The average molecular weight is 225 g/mol. The summed E-state index contributed by atoms with van der Waals surface area (Å²) in [6.45, 7) is 0. The lowest BCUT2D eigenvalue weighted by atomic mass is 10.1. The summed E-state index contributed by atoms with van der Waals surface area (Å²) in [6, 6.07) is 9.36. The first-order chi connectivity index (χ1) is 5.74. The minimum absolute atomic E-state index is 0.413. The van der Waals surface area contributed by atoms with Crippen LogP contribution in [0.4, 0.5) is 0 Å². The summed E-state index contributed by atoms with van der Waals surface area (Å²) in [5.41, 5.74) is 6.57. The van der Waals surface area contributed by atoms with E-state index < -0.39 is 6.04 Å². The summed E-state index contributed by atoms with van der Waals surface area (Å²) < 4.78 is 1.01. The first-order valence-electron chi connectivity index (χ1n) is 3.62. The lowest BCUT2D eigenvalue weighted by molar-refractivity contribution is 0.820. The van der Waals surface area contributed by atoms with Crippen molar-refractivity contribution in [1.82, 2.24) is 0 Å². The van der Waals surface area contributed by atoms with E-state index in [1.807, 2.05) is 30.3 Å². The molecule has 1 atom stereocenters. The third kappa shape index (κ3) is 2.33. The van der Waals surface area contributed by atoms with Gasteiger partial charge in [0.05, 0.1) is 12.1 Å². The Morgan fingerprint density at radius 2 is 2.17 bits per heavy atom. The van der Waals surface area contributed by atoms with Crippen molar-refractivity contribution in [3.8, 4) is 6.07 Å². The second kappa shape index (κ2) is 4.24. The van der Waals surface area contributed by atoms with Gasteiger partial charge in [0.15, 0.2) is 0 Å². The maximum absolute atomic E-state index is 8.50. The molecule has 0 radical (unpaired) electrons. The number of nitrogens with zero attached hydrogens (tertiary/aromatic N) is 1. The van der Waals surface area contributed by atoms with Gasteiger partial charge in [0, 0.05) is 10.9 Å². The van der Waals surface area contributed by atoms with Crippen molar-refractivity contribution < 1.29 is 0 Å². The molecular formula is C9H9BrN2. The minimum atomic E-state index is -0.413. The molecule has 2 nitrogen and oxygen atoms in total. The van der Waals surface area contributed by atoms with Crippen molar-refractivity contribution in [2.24, 2.45) is 5.73 Å². The van der Waals surface area contributed by atoms with Crippen LogP contribution in [-0.4, -0.2) is 6.04 Å². The van der Waals surface area contributed by atoms with Gasteiger partial charge in [-0.1, -0.05) is 34.1 Å². The predicted octanol–water partition coefficient (Wildman–Crippen LogP) is 1.84. The maximum Gasteiger partial charge on any atom is 0.0969 e. The second-order valence-electron chi connectivity index (χ2n) is 2.53. The molecule has 62 valence electrons. The summed E-state index contributed by atoms with van der Waals surface area (Å²) in [7, 11) is 0. The highest BCUT2D eigenvalue weighted by molar-refractivity contribution is 9.10. The lowest BCUT2D eigenvalue weighted by Gasteiger charge is -2.04. The molecule has 1 rings (SSSR count). The number of hydrogen-bond donors (Lipinski definition) is 1. The van der Waals surface area contributed by atoms with E-state index in [9.17, 15) is 0 Å². The van der Waals surface area contributed by atoms with Gasteiger partial charge < -0.3 is 5.73 Å². The molecular weight excluding hydrogens is 216 g/mol. The zero-order valence-corrected chi connectivity index (χ0v) is 8.08. The van der Waals surface area contributed by atoms with Gasteiger partial charge in [-0.05, 0) is 11.6 Å². The molecule has 0 aliphatic rings. The lowest BCUT2D eigenvalue weighted by Crippen LogP contribution is -2.20. The molecule has 1 aromatic carbocycles. The standard InChI is InChI=1S/C9H9BrN2/c10-9-4-2-1-3-7(9)5-8(12)6-11/h1-4,8H,5,12H2. The maximum atomic E-state index is 8.50. The van der Waals surface area contributed by atoms with Crippen LogP contribution in [0.3, 0.4) is 0 Å². The van der Waals surface area contributed by atoms with Gasteiger partial charge >= 0.3 is 0 Å². The Labute approximate surface area is 80.1 Å². The predicted molar refractivity (Wildman–Crippen MR) is 51.4 cm³/mol. The fraction of sp³-hybridized carbons (Fsp3) is 0.222. The average Bonchev–Trinajstić information content (AvgIpc) is 2.09. The van der Waals surface area contributed by atoms with Gasteiger partial charge in [-0.25, -0.2) is 0 Å². The van der Waals surface area contributed by atoms with Crippen LogP contribution >= 0.6 is 15.9 Å². The molecule has 1 aromatic rings. The number of rotatable bonds is 2. The van der Waals surface area contributed by atoms with Crippen LogP contribution in [0, 0.1) is 11.3 Å². The highest BCUT2D eigenvalue weighted by atomic mass is 79.9. The Hall–Kier alpha value is -0.850. The Balaban J connectivity index is 2.77. The molecule has 0 saturated carbocycles. The monoisotopic (exact) mass is 224 g/mol. The van der Waals surface area contributed by atoms with Crippen molar-refractivity contribution in [2.45, 2.75) is 12.5 Å². The Bertz CT molecular complexity index is 304. The van der Waals surface area contributed by atoms with Crippen LogP contribution in [0.5, 0.6) is 0 Å². The number of benzene rings is 1. The fourth-order valence-corrected chi connectivity index (χ4v) is 1.39. The zero-order valence-electron chi connectivity index (χ0n) is 6.50. The summed E-state index contributed by atoms with van der Waals surface area (Å²) in [5.74, 6) is 0. The topological polar surface area (TPSA) is 49.8 Å². The van der Waals surface area contributed by atoms with E-state index in [4.69, 9.17) is 11.0 Å². The highest BCUT2D eigenvalue weighted by Gasteiger charge is 2.03. The van der Waals surface area contributed by atoms with Crippen molar-refractivity contribution >= 4 is 15.9 Å². The Morgan fingerprint density at radius 3 is 2.75 bits per heavy atom. The first-order valence-corrected chi connectivity index (χ1v) is 4.42. The van der Waals surface area contributed by atoms with Crippen LogP contribution < -0.4 is 5.73 Å². The summed E-state index contributed by atoms with van der Waals surface area (Å²) >= 11 is 3.39. The summed E-state index contributed by atoms with van der Waals surface area (Å²) in [6.07, 6.45) is 0.595. The SMILES string of the molecule is N#CC(N)Cc1ccccc1Br. The normalized spacial score (nSPS) is 12.1. The van der Waals surface area contributed by atoms with Crippen LogP contribution in [0.2, 0.25) is 0 Å². The van der Waals surface area contributed by atoms with E-state index in [0.29, 0.717) is 6.42 Å². The first kappa shape index (κ1) is 9.24. The quantitative estimate of drug-likeness (QED) is 0.834. The molecule has 12 heavy (non-hydrogen) atoms. The van der Waals surface area contributed by atoms with Crippen LogP contribution in [0.25, 0.3) is 0 Å². The molecule has 2 N–H and O–H groups in total. The van der Waals surface area contributed by atoms with E-state index in [0.717, 1.165) is 10.0 Å². The van der Waals surface area contributed by atoms with E-state index >= 15 is 0 Å². The molecule has 0 heterocycles. The number of nitrogens with two attached hydrogens (primary N) is 1. The Morgan fingerprint density at radius 1 is 1.50 bits per heavy atom. The van der Waals surface area contributed by atoms with Gasteiger partial charge in [0.2, 0.25) is 0 Å². The van der Waals surface area contributed by atoms with Gasteiger partial charge in [0.1, 0.15) is 0 Å². The molecule has 0 bridgehead atoms. The molecule has 0 aliphatic heterocycles. The third-order valence-corrected chi connectivity index (χ3v) is 2.34. The van der Waals surface area contributed by atoms with Crippen LogP contribution in [0.15, 0.2) is 28.7 Å². The van der Waals surface area contributed by atoms with Crippen LogP contribution in [0.1, 0.15) is 5.56 Å². The van der Waals surface area contributed by atoms with Gasteiger partial charge in [0.25, 0.3) is 0 Å². The van der Waals surface area contributed by atoms with Gasteiger partial charge in [-0.15, -0.1) is 0 Å². The number of hydrogen-bond acceptors (Lipinski definition) is 2. The largest absolute Gasteiger partial charge is 0.316 e. The van der Waals surface area contributed by atoms with E-state index in [-0.39, 0.29) is 0 Å². The molecule has 0 aliphatic carbocycles. The summed E-state index contributed by atoms with van der Waals surface area (Å²) in [4.78, 5) is 0. The minimum Gasteiger partial charge on any atom is -0.316 e. The molecule has 1 unspecified atom stereocenters. The third-order valence-electron chi connectivity index (χ3n) is 1.56. The van der Waals surface area contributed by atoms with Crippen LogP contribution in [-0.2, 0) is 6.42 Å². The number of nitriles is 1. The van der Waals surface area contributed by atoms with Crippen molar-refractivity contribution in [3.05, 3.63) is 34.3 Å². The summed E-state index contributed by atoms with van der Waals surface area (Å²) in [5, 5.41) is 8.50. The Kier molecular flexibility index (Phi) is 3.27. The molecule has 0 amide bonds. The van der Waals surface area contributed by atoms with E-state index in [2.05, 4.69) is 15.9 Å². The molecule has 3 heteroatoms. The zero-order chi connectivity index (χ0) is 8.97.